The Morgan fingerprint density at radius 2 is 1.87 bits per heavy atom. The summed E-state index contributed by atoms with van der Waals surface area (Å²) < 4.78 is 6.13. The molecule has 7 heteroatoms. The fourth-order valence-electron chi connectivity index (χ4n) is 4.05. The van der Waals surface area contributed by atoms with Crippen molar-refractivity contribution in [1.82, 2.24) is 14.9 Å². The van der Waals surface area contributed by atoms with Gasteiger partial charge in [-0.15, -0.1) is 12.4 Å². The van der Waals surface area contributed by atoms with E-state index in [0.29, 0.717) is 11.3 Å². The first kappa shape index (κ1) is 21.2. The van der Waals surface area contributed by atoms with E-state index >= 15 is 0 Å². The van der Waals surface area contributed by atoms with Crippen molar-refractivity contribution in [3.05, 3.63) is 72.4 Å². The third kappa shape index (κ3) is 4.65. The first-order valence-electron chi connectivity index (χ1n) is 10.4. The standard InChI is InChI=1S/C24H24N4O2.ClH/c29-24(27-18-8-10-25-11-9-18)21-15-26-22-6-4-17(14-20(21)22)23-7-5-19(30-23)16-28-12-2-1-3-13-28;/h4-11,14-15,26H,1-3,12-13,16H2,(H,25,27,29);1H. The Labute approximate surface area is 187 Å². The minimum absolute atomic E-state index is 0. The zero-order valence-corrected chi connectivity index (χ0v) is 18.0. The molecular formula is C24H25ClN4O2. The Bertz CT molecular complexity index is 1160. The Balaban J connectivity index is 0.00000231. The van der Waals surface area contributed by atoms with Gasteiger partial charge in [-0.05, 0) is 68.4 Å². The Morgan fingerprint density at radius 1 is 1.06 bits per heavy atom. The van der Waals surface area contributed by atoms with Crippen molar-refractivity contribution in [2.24, 2.45) is 0 Å². The molecular weight excluding hydrogens is 412 g/mol. The van der Waals surface area contributed by atoms with Crippen molar-refractivity contribution in [3.63, 3.8) is 0 Å². The SMILES string of the molecule is Cl.O=C(Nc1ccncc1)c1c[nH]c2ccc(-c3ccc(CN4CCCCC4)o3)cc12. The number of nitrogens with one attached hydrogen (secondary N) is 2. The van der Waals surface area contributed by atoms with E-state index < -0.39 is 0 Å². The van der Waals surface area contributed by atoms with Crippen LogP contribution in [0.25, 0.3) is 22.2 Å². The van der Waals surface area contributed by atoms with Crippen LogP contribution in [-0.2, 0) is 6.54 Å². The van der Waals surface area contributed by atoms with Gasteiger partial charge in [-0.1, -0.05) is 6.42 Å². The van der Waals surface area contributed by atoms with Gasteiger partial charge in [-0.25, -0.2) is 0 Å². The zero-order chi connectivity index (χ0) is 20.3. The third-order valence-corrected chi connectivity index (χ3v) is 5.64. The number of aromatic amines is 1. The number of H-pyrrole nitrogens is 1. The van der Waals surface area contributed by atoms with Gasteiger partial charge in [0.25, 0.3) is 5.91 Å². The zero-order valence-electron chi connectivity index (χ0n) is 17.1. The summed E-state index contributed by atoms with van der Waals surface area (Å²) >= 11 is 0. The fourth-order valence-corrected chi connectivity index (χ4v) is 4.05. The monoisotopic (exact) mass is 436 g/mol. The Morgan fingerprint density at radius 3 is 2.68 bits per heavy atom. The molecule has 2 N–H and O–H groups in total. The van der Waals surface area contributed by atoms with Crippen molar-refractivity contribution in [2.45, 2.75) is 25.8 Å². The van der Waals surface area contributed by atoms with Crippen LogP contribution in [-0.4, -0.2) is 33.9 Å². The molecule has 0 saturated carbocycles. The maximum absolute atomic E-state index is 12.8. The van der Waals surface area contributed by atoms with E-state index in [1.165, 1.54) is 19.3 Å². The highest BCUT2D eigenvalue weighted by atomic mass is 35.5. The topological polar surface area (TPSA) is 74.2 Å². The highest BCUT2D eigenvalue weighted by molar-refractivity contribution is 6.13. The minimum atomic E-state index is -0.158. The van der Waals surface area contributed by atoms with Crippen LogP contribution in [0.15, 0.2) is 65.5 Å². The van der Waals surface area contributed by atoms with Crippen LogP contribution < -0.4 is 5.32 Å². The molecule has 0 spiro atoms. The summed E-state index contributed by atoms with van der Waals surface area (Å²) in [6.45, 7) is 3.13. The number of pyridine rings is 1. The second kappa shape index (κ2) is 9.37. The van der Waals surface area contributed by atoms with Gasteiger partial charge in [-0.3, -0.25) is 14.7 Å². The van der Waals surface area contributed by atoms with Crippen LogP contribution >= 0.6 is 12.4 Å². The normalized spacial score (nSPS) is 14.3. The van der Waals surface area contributed by atoms with E-state index in [1.54, 1.807) is 30.7 Å². The number of fused-ring (bicyclic) bond motifs is 1. The summed E-state index contributed by atoms with van der Waals surface area (Å²) in [4.78, 5) is 22.4. The molecule has 1 saturated heterocycles. The lowest BCUT2D eigenvalue weighted by Crippen LogP contribution is -2.28. The number of halogens is 1. The number of benzene rings is 1. The molecule has 0 unspecified atom stereocenters. The molecule has 1 fully saturated rings. The predicted molar refractivity (Wildman–Crippen MR) is 125 cm³/mol. The van der Waals surface area contributed by atoms with E-state index in [4.69, 9.17) is 4.42 Å². The molecule has 31 heavy (non-hydrogen) atoms. The number of aromatic nitrogens is 2. The van der Waals surface area contributed by atoms with Gasteiger partial charge in [0.15, 0.2) is 0 Å². The van der Waals surface area contributed by atoms with E-state index in [2.05, 4.69) is 26.3 Å². The van der Waals surface area contributed by atoms with Crippen LogP contribution in [0.4, 0.5) is 5.69 Å². The molecule has 4 aromatic rings. The quantitative estimate of drug-likeness (QED) is 0.434. The third-order valence-electron chi connectivity index (χ3n) is 5.64. The average Bonchev–Trinajstić information content (AvgIpc) is 3.42. The maximum Gasteiger partial charge on any atom is 0.257 e. The number of rotatable bonds is 5. The fraction of sp³-hybridized carbons (Fsp3) is 0.250. The summed E-state index contributed by atoms with van der Waals surface area (Å²) in [6, 6.07) is 13.6. The van der Waals surface area contributed by atoms with E-state index in [9.17, 15) is 4.79 Å². The number of amides is 1. The minimum Gasteiger partial charge on any atom is -0.460 e. The molecule has 3 aromatic heterocycles. The molecule has 0 bridgehead atoms. The number of hydrogen-bond donors (Lipinski definition) is 2. The number of likely N-dealkylation sites (tertiary alicyclic amines) is 1. The lowest BCUT2D eigenvalue weighted by atomic mass is 10.1. The van der Waals surface area contributed by atoms with Crippen molar-refractivity contribution in [3.8, 4) is 11.3 Å². The maximum atomic E-state index is 12.8. The van der Waals surface area contributed by atoms with Crippen LogP contribution in [0.5, 0.6) is 0 Å². The number of carbonyl (C=O) groups excluding carboxylic acids is 1. The number of anilines is 1. The predicted octanol–water partition coefficient (Wildman–Crippen LogP) is 5.48. The molecule has 5 rings (SSSR count). The van der Waals surface area contributed by atoms with Gasteiger partial charge in [0.2, 0.25) is 0 Å². The first-order valence-corrected chi connectivity index (χ1v) is 10.4. The largest absolute Gasteiger partial charge is 0.460 e. The van der Waals surface area contributed by atoms with Crippen molar-refractivity contribution >= 4 is 34.9 Å². The molecule has 1 aliphatic heterocycles. The van der Waals surface area contributed by atoms with Gasteiger partial charge in [-0.2, -0.15) is 0 Å². The van der Waals surface area contributed by atoms with Crippen LogP contribution in [0.1, 0.15) is 35.4 Å². The van der Waals surface area contributed by atoms with Gasteiger partial charge in [0, 0.05) is 40.7 Å². The van der Waals surface area contributed by atoms with E-state index in [0.717, 1.165) is 47.6 Å². The summed E-state index contributed by atoms with van der Waals surface area (Å²) in [5.74, 6) is 1.65. The summed E-state index contributed by atoms with van der Waals surface area (Å²) in [5, 5.41) is 3.79. The Hall–Kier alpha value is -3.09. The number of nitrogens with zero attached hydrogens (tertiary/aromatic N) is 2. The van der Waals surface area contributed by atoms with Gasteiger partial charge < -0.3 is 14.7 Å². The van der Waals surface area contributed by atoms with Crippen LogP contribution in [0.2, 0.25) is 0 Å². The average molecular weight is 437 g/mol. The lowest BCUT2D eigenvalue weighted by molar-refractivity contribution is 0.102. The van der Waals surface area contributed by atoms with Crippen LogP contribution in [0.3, 0.4) is 0 Å². The number of piperidine rings is 1. The second-order valence-electron chi connectivity index (χ2n) is 7.76. The van der Waals surface area contributed by atoms with Crippen molar-refractivity contribution in [1.29, 1.82) is 0 Å². The number of carbonyl (C=O) groups is 1. The van der Waals surface area contributed by atoms with Gasteiger partial charge in [0.05, 0.1) is 12.1 Å². The molecule has 1 amide bonds. The molecule has 160 valence electrons. The highest BCUT2D eigenvalue weighted by Gasteiger charge is 2.16. The molecule has 0 atom stereocenters. The second-order valence-corrected chi connectivity index (χ2v) is 7.76. The molecule has 1 aromatic carbocycles. The van der Waals surface area contributed by atoms with E-state index in [-0.39, 0.29) is 18.3 Å². The van der Waals surface area contributed by atoms with E-state index in [1.807, 2.05) is 24.3 Å². The molecule has 0 aliphatic carbocycles. The summed E-state index contributed by atoms with van der Waals surface area (Å²) in [6.07, 6.45) is 8.91. The molecule has 6 nitrogen and oxygen atoms in total. The smallest absolute Gasteiger partial charge is 0.257 e. The Kier molecular flexibility index (Phi) is 6.39. The summed E-state index contributed by atoms with van der Waals surface area (Å²) in [5.41, 5.74) is 3.20. The number of hydrogen-bond acceptors (Lipinski definition) is 4. The van der Waals surface area contributed by atoms with Crippen molar-refractivity contribution < 1.29 is 9.21 Å². The summed E-state index contributed by atoms with van der Waals surface area (Å²) in [7, 11) is 0. The lowest BCUT2D eigenvalue weighted by Gasteiger charge is -2.25. The highest BCUT2D eigenvalue weighted by Crippen LogP contribution is 2.29. The molecule has 4 heterocycles. The number of furan rings is 1. The van der Waals surface area contributed by atoms with Gasteiger partial charge >= 0.3 is 0 Å². The first-order chi connectivity index (χ1) is 14.8. The van der Waals surface area contributed by atoms with Crippen molar-refractivity contribution in [2.75, 3.05) is 18.4 Å². The van der Waals surface area contributed by atoms with Crippen LogP contribution in [0, 0.1) is 0 Å². The molecule has 0 radical (unpaired) electrons. The van der Waals surface area contributed by atoms with Gasteiger partial charge in [0.1, 0.15) is 11.5 Å². The molecule has 1 aliphatic rings.